The van der Waals surface area contributed by atoms with Crippen LogP contribution in [-0.2, 0) is 15.6 Å². The SMILES string of the molecule is O=c1[nH]c(SCc2ccccc2)ncc1S(=O)(=O)c1ccccc1. The lowest BCUT2D eigenvalue weighted by atomic mass is 10.2. The van der Waals surface area contributed by atoms with Crippen molar-refractivity contribution < 1.29 is 8.42 Å². The molecule has 0 aliphatic carbocycles. The number of rotatable bonds is 5. The zero-order valence-corrected chi connectivity index (χ0v) is 14.2. The number of benzene rings is 2. The van der Waals surface area contributed by atoms with Gasteiger partial charge in [0.05, 0.1) is 11.1 Å². The fourth-order valence-electron chi connectivity index (χ4n) is 2.08. The molecule has 0 spiro atoms. The third-order valence-electron chi connectivity index (χ3n) is 3.30. The van der Waals surface area contributed by atoms with E-state index in [2.05, 4.69) is 9.97 Å². The maximum atomic E-state index is 12.5. The molecule has 5 nitrogen and oxygen atoms in total. The Bertz CT molecular complexity index is 985. The molecule has 0 aliphatic heterocycles. The van der Waals surface area contributed by atoms with Crippen molar-refractivity contribution in [3.8, 4) is 0 Å². The summed E-state index contributed by atoms with van der Waals surface area (Å²) >= 11 is 1.34. The summed E-state index contributed by atoms with van der Waals surface area (Å²) in [6.45, 7) is 0. The molecule has 1 N–H and O–H groups in total. The van der Waals surface area contributed by atoms with E-state index in [1.54, 1.807) is 18.2 Å². The average Bonchev–Trinajstić information content (AvgIpc) is 2.61. The average molecular weight is 358 g/mol. The van der Waals surface area contributed by atoms with Crippen LogP contribution in [0.4, 0.5) is 0 Å². The smallest absolute Gasteiger partial charge is 0.270 e. The molecule has 0 aliphatic rings. The number of aromatic nitrogens is 2. The van der Waals surface area contributed by atoms with Crippen molar-refractivity contribution in [3.63, 3.8) is 0 Å². The molecular formula is C17H14N2O3S2. The van der Waals surface area contributed by atoms with Crippen LogP contribution >= 0.6 is 11.8 Å². The van der Waals surface area contributed by atoms with Crippen LogP contribution in [0.25, 0.3) is 0 Å². The number of sulfone groups is 1. The fourth-order valence-corrected chi connectivity index (χ4v) is 4.13. The molecule has 0 saturated carbocycles. The third kappa shape index (κ3) is 3.58. The first kappa shape index (κ1) is 16.5. The molecule has 2 aromatic carbocycles. The first-order valence-corrected chi connectivity index (χ1v) is 9.60. The number of aromatic amines is 1. The first-order chi connectivity index (χ1) is 11.6. The van der Waals surface area contributed by atoms with Crippen LogP contribution in [0.3, 0.4) is 0 Å². The standard InChI is InChI=1S/C17H14N2O3S2/c20-16-15(24(21,22)14-9-5-2-6-10-14)11-18-17(19-16)23-12-13-7-3-1-4-8-13/h1-11H,12H2,(H,18,19,20). The highest BCUT2D eigenvalue weighted by molar-refractivity contribution is 7.98. The molecule has 0 saturated heterocycles. The van der Waals surface area contributed by atoms with Gasteiger partial charge in [0.2, 0.25) is 9.84 Å². The minimum absolute atomic E-state index is 0.0713. The number of nitrogens with one attached hydrogen (secondary N) is 1. The van der Waals surface area contributed by atoms with Gasteiger partial charge in [-0.3, -0.25) is 4.79 Å². The summed E-state index contributed by atoms with van der Waals surface area (Å²) in [4.78, 5) is 18.5. The molecule has 122 valence electrons. The summed E-state index contributed by atoms with van der Waals surface area (Å²) in [6.07, 6.45) is 1.12. The summed E-state index contributed by atoms with van der Waals surface area (Å²) in [5.41, 5.74) is 0.426. The van der Waals surface area contributed by atoms with E-state index in [0.29, 0.717) is 10.9 Å². The lowest BCUT2D eigenvalue weighted by molar-refractivity contribution is 0.593. The molecule has 0 unspecified atom stereocenters. The Kier molecular flexibility index (Phi) is 4.82. The van der Waals surface area contributed by atoms with E-state index < -0.39 is 15.4 Å². The summed E-state index contributed by atoms with van der Waals surface area (Å²) in [6, 6.07) is 17.6. The number of H-pyrrole nitrogens is 1. The fraction of sp³-hybridized carbons (Fsp3) is 0.0588. The molecule has 0 amide bonds. The van der Waals surface area contributed by atoms with Gasteiger partial charge in [0.1, 0.15) is 0 Å². The topological polar surface area (TPSA) is 79.9 Å². The Morgan fingerprint density at radius 1 is 0.958 bits per heavy atom. The molecule has 1 heterocycles. The van der Waals surface area contributed by atoms with Gasteiger partial charge in [0.25, 0.3) is 5.56 Å². The predicted molar refractivity (Wildman–Crippen MR) is 92.8 cm³/mol. The van der Waals surface area contributed by atoms with Gasteiger partial charge in [0, 0.05) is 5.75 Å². The van der Waals surface area contributed by atoms with Crippen molar-refractivity contribution >= 4 is 21.6 Å². The van der Waals surface area contributed by atoms with Gasteiger partial charge >= 0.3 is 0 Å². The Labute approximate surface area is 143 Å². The van der Waals surface area contributed by atoms with E-state index in [1.807, 2.05) is 30.3 Å². The molecule has 0 radical (unpaired) electrons. The van der Waals surface area contributed by atoms with E-state index in [0.717, 1.165) is 11.8 Å². The molecule has 3 rings (SSSR count). The summed E-state index contributed by atoms with van der Waals surface area (Å²) in [7, 11) is -3.87. The number of thioether (sulfide) groups is 1. The van der Waals surface area contributed by atoms with Crippen molar-refractivity contribution in [1.29, 1.82) is 0 Å². The highest BCUT2D eigenvalue weighted by atomic mass is 32.2. The lowest BCUT2D eigenvalue weighted by Crippen LogP contribution is -2.19. The zero-order valence-electron chi connectivity index (χ0n) is 12.5. The van der Waals surface area contributed by atoms with Crippen molar-refractivity contribution in [2.45, 2.75) is 20.7 Å². The van der Waals surface area contributed by atoms with Crippen molar-refractivity contribution in [3.05, 3.63) is 82.8 Å². The van der Waals surface area contributed by atoms with Crippen LogP contribution < -0.4 is 5.56 Å². The second-order valence-corrected chi connectivity index (χ2v) is 7.85. The molecule has 1 aromatic heterocycles. The van der Waals surface area contributed by atoms with Gasteiger partial charge in [-0.15, -0.1) is 0 Å². The first-order valence-electron chi connectivity index (χ1n) is 7.13. The largest absolute Gasteiger partial charge is 0.300 e. The van der Waals surface area contributed by atoms with Gasteiger partial charge < -0.3 is 4.98 Å². The number of hydrogen-bond acceptors (Lipinski definition) is 5. The van der Waals surface area contributed by atoms with Crippen molar-refractivity contribution in [2.75, 3.05) is 0 Å². The van der Waals surface area contributed by atoms with Gasteiger partial charge in [0.15, 0.2) is 10.1 Å². The highest BCUT2D eigenvalue weighted by Gasteiger charge is 2.21. The summed E-state index contributed by atoms with van der Waals surface area (Å²) in [5, 5.41) is 0.385. The van der Waals surface area contributed by atoms with E-state index in [1.165, 1.54) is 23.9 Å². The maximum Gasteiger partial charge on any atom is 0.270 e. The van der Waals surface area contributed by atoms with Gasteiger partial charge in [-0.05, 0) is 17.7 Å². The van der Waals surface area contributed by atoms with Crippen LogP contribution in [0.1, 0.15) is 5.56 Å². The number of nitrogens with zero attached hydrogens (tertiary/aromatic N) is 1. The molecule has 7 heteroatoms. The van der Waals surface area contributed by atoms with Crippen LogP contribution in [0.2, 0.25) is 0 Å². The van der Waals surface area contributed by atoms with Gasteiger partial charge in [-0.1, -0.05) is 60.3 Å². The monoisotopic (exact) mass is 358 g/mol. The predicted octanol–water partition coefficient (Wildman–Crippen LogP) is 2.90. The Balaban J connectivity index is 1.84. The molecule has 24 heavy (non-hydrogen) atoms. The quantitative estimate of drug-likeness (QED) is 0.560. The van der Waals surface area contributed by atoms with E-state index in [-0.39, 0.29) is 9.79 Å². The van der Waals surface area contributed by atoms with Gasteiger partial charge in [-0.25, -0.2) is 13.4 Å². The second kappa shape index (κ2) is 7.02. The molecule has 0 atom stereocenters. The zero-order chi connectivity index (χ0) is 17.0. The van der Waals surface area contributed by atoms with Crippen molar-refractivity contribution in [1.82, 2.24) is 9.97 Å². The van der Waals surface area contributed by atoms with E-state index in [4.69, 9.17) is 0 Å². The Hall–Kier alpha value is -2.38. The molecular weight excluding hydrogens is 344 g/mol. The van der Waals surface area contributed by atoms with Crippen LogP contribution in [0.5, 0.6) is 0 Å². The minimum Gasteiger partial charge on any atom is -0.300 e. The van der Waals surface area contributed by atoms with Crippen LogP contribution in [0.15, 0.2) is 86.6 Å². The van der Waals surface area contributed by atoms with Gasteiger partial charge in [-0.2, -0.15) is 0 Å². The normalized spacial score (nSPS) is 11.3. The number of hydrogen-bond donors (Lipinski definition) is 1. The Morgan fingerprint density at radius 3 is 2.21 bits per heavy atom. The molecule has 0 bridgehead atoms. The van der Waals surface area contributed by atoms with E-state index in [9.17, 15) is 13.2 Å². The summed E-state index contributed by atoms with van der Waals surface area (Å²) in [5.74, 6) is 0.633. The van der Waals surface area contributed by atoms with Crippen LogP contribution in [0, 0.1) is 0 Å². The lowest BCUT2D eigenvalue weighted by Gasteiger charge is -2.05. The third-order valence-corrected chi connectivity index (χ3v) is 6.03. The summed E-state index contributed by atoms with van der Waals surface area (Å²) < 4.78 is 25.0. The van der Waals surface area contributed by atoms with E-state index >= 15 is 0 Å². The Morgan fingerprint density at radius 2 is 1.58 bits per heavy atom. The second-order valence-electron chi connectivity index (χ2n) is 4.97. The molecule has 3 aromatic rings. The van der Waals surface area contributed by atoms with Crippen LogP contribution in [-0.4, -0.2) is 18.4 Å². The molecule has 0 fully saturated rings. The highest BCUT2D eigenvalue weighted by Crippen LogP contribution is 2.20. The maximum absolute atomic E-state index is 12.5. The minimum atomic E-state index is -3.87. The van der Waals surface area contributed by atoms with Crippen molar-refractivity contribution in [2.24, 2.45) is 0 Å².